The molecule has 54 heavy (non-hydrogen) atoms. The van der Waals surface area contributed by atoms with E-state index in [1.807, 2.05) is 0 Å². The normalized spacial score (nSPS) is 17.1. The molecule has 2 fully saturated rings. The number of nitrogens with zero attached hydrogens (tertiary/aromatic N) is 3. The fourth-order valence-corrected chi connectivity index (χ4v) is 12.9. The van der Waals surface area contributed by atoms with E-state index in [1.165, 1.54) is 12.3 Å². The molecule has 4 heterocycles. The Morgan fingerprint density at radius 1 is 0.907 bits per heavy atom. The zero-order chi connectivity index (χ0) is 39.0. The maximum atomic E-state index is 13.2. The third-order valence-electron chi connectivity index (χ3n) is 9.94. The van der Waals surface area contributed by atoms with Crippen molar-refractivity contribution in [2.45, 2.75) is 79.4 Å². The molecule has 1 unspecified atom stereocenters. The summed E-state index contributed by atoms with van der Waals surface area (Å²) >= 11 is 17.3. The number of aliphatic carboxylic acids is 1. The van der Waals surface area contributed by atoms with E-state index in [0.29, 0.717) is 69.0 Å². The average molecular weight is 1020 g/mol. The minimum absolute atomic E-state index is 0.0540. The number of amides is 1. The number of sulfonamides is 2. The molecule has 5 rings (SSSR count). The molecule has 1 amide bonds. The van der Waals surface area contributed by atoms with Crippen molar-refractivity contribution in [3.8, 4) is 0 Å². The number of unbranched alkanes of at least 4 members (excludes halogenated alkanes) is 1. The highest BCUT2D eigenvalue weighted by Crippen LogP contribution is 2.38. The van der Waals surface area contributed by atoms with Crippen LogP contribution in [-0.2, 0) is 24.8 Å². The monoisotopic (exact) mass is 1010 g/mol. The lowest BCUT2D eigenvalue weighted by molar-refractivity contribution is -0.139. The minimum atomic E-state index is -4.18. The van der Waals surface area contributed by atoms with Gasteiger partial charge in [-0.1, -0.05) is 46.8 Å². The second kappa shape index (κ2) is 19.7. The van der Waals surface area contributed by atoms with Gasteiger partial charge in [0.15, 0.2) is 0 Å². The largest absolute Gasteiger partial charge is 0.480 e. The predicted molar refractivity (Wildman–Crippen MR) is 221 cm³/mol. The molecule has 3 aromatic rings. The van der Waals surface area contributed by atoms with E-state index in [1.54, 1.807) is 34.6 Å². The van der Waals surface area contributed by atoms with Gasteiger partial charge in [-0.2, -0.15) is 9.03 Å². The summed E-state index contributed by atoms with van der Waals surface area (Å²) in [5.74, 6) is 0.202. The van der Waals surface area contributed by atoms with Crippen molar-refractivity contribution < 1.29 is 31.5 Å². The number of carbonyl (C=O) groups excluding carboxylic acids is 1. The molecular formula is C35H43Br3ClN5O7S3. The van der Waals surface area contributed by atoms with Gasteiger partial charge in [-0.15, -0.1) is 11.3 Å². The van der Waals surface area contributed by atoms with Gasteiger partial charge in [-0.3, -0.25) is 9.59 Å². The lowest BCUT2D eigenvalue weighted by atomic mass is 9.87. The number of carboxylic acid groups (broad SMARTS) is 1. The quantitative estimate of drug-likeness (QED) is 0.114. The van der Waals surface area contributed by atoms with Gasteiger partial charge < -0.3 is 15.3 Å². The topological polar surface area (TPSA) is 166 Å². The van der Waals surface area contributed by atoms with Crippen LogP contribution in [0.15, 0.2) is 65.1 Å². The number of hydrogen-bond acceptors (Lipinski definition) is 9. The van der Waals surface area contributed by atoms with Gasteiger partial charge in [-0.05, 0) is 125 Å². The summed E-state index contributed by atoms with van der Waals surface area (Å²) in [6.45, 7) is 2.93. The molecule has 0 spiro atoms. The maximum absolute atomic E-state index is 13.2. The first kappa shape index (κ1) is 43.5. The standard InChI is InChI=1S/C35H43Br3ClN5O7S3/c36-26-9-7-25(8-10-26)34(45)40-15-2-1-6-30(35(46)47)42-53(48,49)27-20-29(38)33(41-22-27)43-16-11-23(12-17-43)4-3-5-24-13-18-44(19-14-24)54(50,51)31-21-28(37)32(39)52-31/h7-10,20-24,30,42H,1-6,11-19H2,(H,40,45)(H,46,47). The molecule has 2 aromatic heterocycles. The summed E-state index contributed by atoms with van der Waals surface area (Å²) in [5.41, 5.74) is 0.509. The van der Waals surface area contributed by atoms with Crippen molar-refractivity contribution >= 4 is 108 Å². The molecule has 1 atom stereocenters. The first-order chi connectivity index (χ1) is 25.6. The van der Waals surface area contributed by atoms with E-state index in [0.717, 1.165) is 73.8 Å². The molecule has 0 bridgehead atoms. The fourth-order valence-electron chi connectivity index (χ4n) is 6.81. The maximum Gasteiger partial charge on any atom is 0.321 e. The van der Waals surface area contributed by atoms with E-state index in [-0.39, 0.29) is 21.4 Å². The zero-order valence-electron chi connectivity index (χ0n) is 29.4. The van der Waals surface area contributed by atoms with Gasteiger partial charge in [0.05, 0.1) is 4.47 Å². The van der Waals surface area contributed by atoms with Crippen molar-refractivity contribution in [3.05, 3.63) is 65.9 Å². The Bertz CT molecular complexity index is 1970. The SMILES string of the molecule is O=C(NCCCCC(NS(=O)(=O)c1cnc(N2CCC(CCCC3CCN(S(=O)(=O)c4cc(Br)c(Cl)s4)CC3)CC2)c(Br)c1)C(=O)O)c1ccc(Br)cc1. The van der Waals surface area contributed by atoms with Gasteiger partial charge in [-0.25, -0.2) is 21.8 Å². The van der Waals surface area contributed by atoms with Crippen LogP contribution in [-0.4, -0.2) is 81.9 Å². The Morgan fingerprint density at radius 2 is 1.54 bits per heavy atom. The van der Waals surface area contributed by atoms with E-state index >= 15 is 0 Å². The number of rotatable bonds is 17. The Kier molecular flexibility index (Phi) is 15.8. The molecule has 2 aliphatic heterocycles. The van der Waals surface area contributed by atoms with Gasteiger partial charge in [0.1, 0.15) is 25.3 Å². The van der Waals surface area contributed by atoms with E-state index in [9.17, 15) is 31.5 Å². The van der Waals surface area contributed by atoms with Crippen LogP contribution in [0.4, 0.5) is 5.82 Å². The van der Waals surface area contributed by atoms with Crippen LogP contribution in [0.25, 0.3) is 0 Å². The molecule has 19 heteroatoms. The molecule has 0 saturated carbocycles. The number of hydrogen-bond donors (Lipinski definition) is 3. The molecule has 0 aliphatic carbocycles. The number of anilines is 1. The van der Waals surface area contributed by atoms with Crippen molar-refractivity contribution in [3.63, 3.8) is 0 Å². The number of benzene rings is 1. The molecule has 2 saturated heterocycles. The summed E-state index contributed by atoms with van der Waals surface area (Å²) < 4.78 is 59.0. The molecule has 1 aromatic carbocycles. The third-order valence-corrected chi connectivity index (χ3v) is 17.3. The first-order valence-electron chi connectivity index (χ1n) is 17.8. The van der Waals surface area contributed by atoms with Crippen LogP contribution in [0.2, 0.25) is 4.34 Å². The van der Waals surface area contributed by atoms with Crippen molar-refractivity contribution in [1.29, 1.82) is 0 Å². The summed E-state index contributed by atoms with van der Waals surface area (Å²) in [6, 6.07) is 8.62. The molecular weight excluding hydrogens is 974 g/mol. The second-order valence-electron chi connectivity index (χ2n) is 13.6. The smallest absolute Gasteiger partial charge is 0.321 e. The van der Waals surface area contributed by atoms with Crippen molar-refractivity contribution in [1.82, 2.24) is 19.3 Å². The van der Waals surface area contributed by atoms with Crippen molar-refractivity contribution in [2.75, 3.05) is 37.6 Å². The fraction of sp³-hybridized carbons (Fsp3) is 0.514. The van der Waals surface area contributed by atoms with Gasteiger partial charge in [0.2, 0.25) is 10.0 Å². The van der Waals surface area contributed by atoms with Crippen LogP contribution in [0, 0.1) is 11.8 Å². The summed E-state index contributed by atoms with van der Waals surface area (Å²) in [5, 5.41) is 12.5. The Morgan fingerprint density at radius 3 is 2.11 bits per heavy atom. The summed E-state index contributed by atoms with van der Waals surface area (Å²) in [7, 11) is -7.71. The van der Waals surface area contributed by atoms with Crippen LogP contribution in [0.5, 0.6) is 0 Å². The van der Waals surface area contributed by atoms with Crippen LogP contribution >= 0.6 is 70.7 Å². The molecule has 12 nitrogen and oxygen atoms in total. The first-order valence-corrected chi connectivity index (χ1v) is 24.3. The summed E-state index contributed by atoms with van der Waals surface area (Å²) in [4.78, 5) is 30.7. The minimum Gasteiger partial charge on any atom is -0.480 e. The number of halogens is 4. The highest BCUT2D eigenvalue weighted by atomic mass is 79.9. The Hall–Kier alpha value is -1.64. The van der Waals surface area contributed by atoms with Gasteiger partial charge in [0, 0.05) is 53.4 Å². The van der Waals surface area contributed by atoms with Gasteiger partial charge >= 0.3 is 5.97 Å². The number of carboxylic acids is 1. The highest BCUT2D eigenvalue weighted by Gasteiger charge is 2.32. The number of thiophene rings is 1. The highest BCUT2D eigenvalue weighted by molar-refractivity contribution is 9.11. The number of piperidine rings is 2. The second-order valence-corrected chi connectivity index (χ2v) is 21.8. The molecule has 2 aliphatic rings. The van der Waals surface area contributed by atoms with Crippen LogP contribution in [0.3, 0.4) is 0 Å². The zero-order valence-corrected chi connectivity index (χ0v) is 37.3. The lowest BCUT2D eigenvalue weighted by Gasteiger charge is -2.34. The van der Waals surface area contributed by atoms with Crippen molar-refractivity contribution in [2.24, 2.45) is 11.8 Å². The van der Waals surface area contributed by atoms with E-state index in [2.05, 4.69) is 67.7 Å². The summed E-state index contributed by atoms with van der Waals surface area (Å²) in [6.07, 6.45) is 9.13. The van der Waals surface area contributed by atoms with Crippen LogP contribution < -0.4 is 14.9 Å². The lowest BCUT2D eigenvalue weighted by Crippen LogP contribution is -2.41. The van der Waals surface area contributed by atoms with Gasteiger partial charge in [0.25, 0.3) is 15.9 Å². The Labute approximate surface area is 351 Å². The molecule has 0 radical (unpaired) electrons. The number of carbonyl (C=O) groups is 2. The average Bonchev–Trinajstić information content (AvgIpc) is 3.49. The van der Waals surface area contributed by atoms with E-state index < -0.39 is 32.1 Å². The third kappa shape index (κ3) is 11.7. The number of aromatic nitrogens is 1. The number of nitrogens with one attached hydrogen (secondary N) is 2. The number of pyridine rings is 1. The molecule has 3 N–H and O–H groups in total. The predicted octanol–water partition coefficient (Wildman–Crippen LogP) is 7.90. The van der Waals surface area contributed by atoms with E-state index in [4.69, 9.17) is 11.6 Å². The van der Waals surface area contributed by atoms with Crippen LogP contribution in [0.1, 0.15) is 74.6 Å². The Balaban J connectivity index is 1.02. The molecule has 296 valence electrons.